The molecule has 0 radical (unpaired) electrons. The smallest absolute Gasteiger partial charge is 0.234 e. The quantitative estimate of drug-likeness (QED) is 0.908. The summed E-state index contributed by atoms with van der Waals surface area (Å²) >= 11 is 6.11. The standard InChI is InChI=1S/C16H21ClN2O2/c17-14-3-1-2-4-15(14)21-13-7-9-19(10-8-13)11-16(20)18-12-5-6-12/h1-4,12-13H,5-11H2,(H,18,20). The maximum Gasteiger partial charge on any atom is 0.234 e. The van der Waals surface area contributed by atoms with Crippen LogP contribution in [0.1, 0.15) is 25.7 Å². The molecule has 4 nitrogen and oxygen atoms in total. The van der Waals surface area contributed by atoms with Gasteiger partial charge in [0.05, 0.1) is 11.6 Å². The van der Waals surface area contributed by atoms with Gasteiger partial charge in [-0.2, -0.15) is 0 Å². The molecule has 1 aromatic rings. The zero-order chi connectivity index (χ0) is 14.7. The van der Waals surface area contributed by atoms with Crippen molar-refractivity contribution in [1.82, 2.24) is 10.2 Å². The molecule has 1 saturated heterocycles. The number of ether oxygens (including phenoxy) is 1. The van der Waals surface area contributed by atoms with Gasteiger partial charge < -0.3 is 10.1 Å². The van der Waals surface area contributed by atoms with Crippen LogP contribution < -0.4 is 10.1 Å². The summed E-state index contributed by atoms with van der Waals surface area (Å²) in [5, 5.41) is 3.69. The number of halogens is 1. The summed E-state index contributed by atoms with van der Waals surface area (Å²) in [7, 11) is 0. The van der Waals surface area contributed by atoms with Crippen molar-refractivity contribution in [2.75, 3.05) is 19.6 Å². The third kappa shape index (κ3) is 4.35. The molecule has 1 aliphatic carbocycles. The molecule has 1 N–H and O–H groups in total. The number of hydrogen-bond donors (Lipinski definition) is 1. The molecule has 3 rings (SSSR count). The van der Waals surface area contributed by atoms with Gasteiger partial charge in [-0.05, 0) is 37.8 Å². The molecule has 1 aromatic carbocycles. The fraction of sp³-hybridized carbons (Fsp3) is 0.562. The van der Waals surface area contributed by atoms with Gasteiger partial charge in [0.1, 0.15) is 11.9 Å². The van der Waals surface area contributed by atoms with E-state index in [1.54, 1.807) is 0 Å². The van der Waals surface area contributed by atoms with Gasteiger partial charge in [-0.1, -0.05) is 23.7 Å². The molecule has 1 amide bonds. The molecule has 5 heteroatoms. The summed E-state index contributed by atoms with van der Waals surface area (Å²) in [5.74, 6) is 0.909. The number of carbonyl (C=O) groups is 1. The highest BCUT2D eigenvalue weighted by molar-refractivity contribution is 6.32. The summed E-state index contributed by atoms with van der Waals surface area (Å²) in [5.41, 5.74) is 0. The summed E-state index contributed by atoms with van der Waals surface area (Å²) < 4.78 is 5.95. The Morgan fingerprint density at radius 3 is 2.62 bits per heavy atom. The molecule has 0 spiro atoms. The number of para-hydroxylation sites is 1. The van der Waals surface area contributed by atoms with E-state index in [1.165, 1.54) is 0 Å². The van der Waals surface area contributed by atoms with Crippen LogP contribution in [0.2, 0.25) is 5.02 Å². The molecular weight excluding hydrogens is 288 g/mol. The van der Waals surface area contributed by atoms with E-state index in [0.717, 1.165) is 44.5 Å². The first-order valence-electron chi connectivity index (χ1n) is 7.63. The zero-order valence-electron chi connectivity index (χ0n) is 12.1. The summed E-state index contributed by atoms with van der Waals surface area (Å²) in [6.45, 7) is 2.30. The van der Waals surface area contributed by atoms with Gasteiger partial charge in [0, 0.05) is 19.1 Å². The van der Waals surface area contributed by atoms with Gasteiger partial charge in [0.2, 0.25) is 5.91 Å². The molecule has 1 saturated carbocycles. The van der Waals surface area contributed by atoms with Crippen LogP contribution in [0.25, 0.3) is 0 Å². The first kappa shape index (κ1) is 14.7. The van der Waals surface area contributed by atoms with Crippen molar-refractivity contribution in [3.8, 4) is 5.75 Å². The Kier molecular flexibility index (Phi) is 4.66. The van der Waals surface area contributed by atoms with E-state index >= 15 is 0 Å². The van der Waals surface area contributed by atoms with Crippen LogP contribution >= 0.6 is 11.6 Å². The Morgan fingerprint density at radius 1 is 1.24 bits per heavy atom. The SMILES string of the molecule is O=C(CN1CCC(Oc2ccccc2Cl)CC1)NC1CC1. The molecule has 0 unspecified atom stereocenters. The average Bonchev–Trinajstić information content (AvgIpc) is 3.27. The molecular formula is C16H21ClN2O2. The van der Waals surface area contributed by atoms with E-state index in [1.807, 2.05) is 24.3 Å². The fourth-order valence-corrected chi connectivity index (χ4v) is 2.79. The van der Waals surface area contributed by atoms with Crippen LogP contribution in [0.5, 0.6) is 5.75 Å². The number of rotatable bonds is 5. The number of nitrogens with one attached hydrogen (secondary N) is 1. The second-order valence-electron chi connectivity index (χ2n) is 5.87. The number of carbonyl (C=O) groups excluding carboxylic acids is 1. The van der Waals surface area contributed by atoms with Crippen LogP contribution in [0.4, 0.5) is 0 Å². The average molecular weight is 309 g/mol. The number of hydrogen-bond acceptors (Lipinski definition) is 3. The molecule has 1 heterocycles. The molecule has 0 bridgehead atoms. The van der Waals surface area contributed by atoms with E-state index in [-0.39, 0.29) is 12.0 Å². The normalized spacial score (nSPS) is 20.2. The lowest BCUT2D eigenvalue weighted by Gasteiger charge is -2.31. The highest BCUT2D eigenvalue weighted by Gasteiger charge is 2.26. The fourth-order valence-electron chi connectivity index (χ4n) is 2.61. The summed E-state index contributed by atoms with van der Waals surface area (Å²) in [6, 6.07) is 8.01. The molecule has 0 atom stereocenters. The lowest BCUT2D eigenvalue weighted by Crippen LogP contribution is -2.44. The molecule has 2 aliphatic rings. The number of amides is 1. The zero-order valence-corrected chi connectivity index (χ0v) is 12.8. The van der Waals surface area contributed by atoms with Gasteiger partial charge >= 0.3 is 0 Å². The third-order valence-corrected chi connectivity index (χ3v) is 4.29. The second-order valence-corrected chi connectivity index (χ2v) is 6.27. The lowest BCUT2D eigenvalue weighted by atomic mass is 10.1. The predicted octanol–water partition coefficient (Wildman–Crippen LogP) is 2.46. The summed E-state index contributed by atoms with van der Waals surface area (Å²) in [6.07, 6.45) is 4.33. The molecule has 21 heavy (non-hydrogen) atoms. The highest BCUT2D eigenvalue weighted by atomic mass is 35.5. The molecule has 114 valence electrons. The van der Waals surface area contributed by atoms with Crippen molar-refractivity contribution in [2.24, 2.45) is 0 Å². The topological polar surface area (TPSA) is 41.6 Å². The first-order valence-corrected chi connectivity index (χ1v) is 8.01. The van der Waals surface area contributed by atoms with E-state index in [0.29, 0.717) is 17.6 Å². The largest absolute Gasteiger partial charge is 0.489 e. The Bertz CT molecular complexity index is 497. The number of nitrogens with zero attached hydrogens (tertiary/aromatic N) is 1. The maximum absolute atomic E-state index is 11.8. The minimum atomic E-state index is 0.156. The molecule has 2 fully saturated rings. The predicted molar refractivity (Wildman–Crippen MR) is 82.7 cm³/mol. The van der Waals surface area contributed by atoms with Gasteiger partial charge in [0.15, 0.2) is 0 Å². The Labute approximate surface area is 130 Å². The monoisotopic (exact) mass is 308 g/mol. The summed E-state index contributed by atoms with van der Waals surface area (Å²) in [4.78, 5) is 14.0. The van der Waals surface area contributed by atoms with Crippen molar-refractivity contribution in [3.63, 3.8) is 0 Å². The van der Waals surface area contributed by atoms with Crippen LogP contribution in [-0.2, 0) is 4.79 Å². The Hall–Kier alpha value is -1.26. The Balaban J connectivity index is 1.42. The number of benzene rings is 1. The highest BCUT2D eigenvalue weighted by Crippen LogP contribution is 2.26. The molecule has 0 aromatic heterocycles. The Morgan fingerprint density at radius 2 is 1.95 bits per heavy atom. The number of likely N-dealkylation sites (tertiary alicyclic amines) is 1. The van der Waals surface area contributed by atoms with Crippen LogP contribution in [0.3, 0.4) is 0 Å². The number of piperidine rings is 1. The van der Waals surface area contributed by atoms with Crippen molar-refractivity contribution in [2.45, 2.75) is 37.8 Å². The van der Waals surface area contributed by atoms with Crippen LogP contribution in [-0.4, -0.2) is 42.6 Å². The maximum atomic E-state index is 11.8. The van der Waals surface area contributed by atoms with Gasteiger partial charge in [-0.3, -0.25) is 9.69 Å². The second kappa shape index (κ2) is 6.67. The van der Waals surface area contributed by atoms with Crippen LogP contribution in [0, 0.1) is 0 Å². The van der Waals surface area contributed by atoms with Crippen molar-refractivity contribution < 1.29 is 9.53 Å². The minimum absolute atomic E-state index is 0.156. The van der Waals surface area contributed by atoms with E-state index in [4.69, 9.17) is 16.3 Å². The van der Waals surface area contributed by atoms with Crippen LogP contribution in [0.15, 0.2) is 24.3 Å². The first-order chi connectivity index (χ1) is 10.2. The lowest BCUT2D eigenvalue weighted by molar-refractivity contribution is -0.122. The van der Waals surface area contributed by atoms with Gasteiger partial charge in [-0.15, -0.1) is 0 Å². The van der Waals surface area contributed by atoms with E-state index in [9.17, 15) is 4.79 Å². The van der Waals surface area contributed by atoms with Crippen molar-refractivity contribution in [1.29, 1.82) is 0 Å². The van der Waals surface area contributed by atoms with E-state index in [2.05, 4.69) is 10.2 Å². The van der Waals surface area contributed by atoms with Crippen molar-refractivity contribution in [3.05, 3.63) is 29.3 Å². The van der Waals surface area contributed by atoms with Gasteiger partial charge in [0.25, 0.3) is 0 Å². The van der Waals surface area contributed by atoms with E-state index < -0.39 is 0 Å². The van der Waals surface area contributed by atoms with Gasteiger partial charge in [-0.25, -0.2) is 0 Å². The molecule has 1 aliphatic heterocycles. The third-order valence-electron chi connectivity index (χ3n) is 3.97. The minimum Gasteiger partial charge on any atom is -0.489 e. The van der Waals surface area contributed by atoms with Crippen molar-refractivity contribution >= 4 is 17.5 Å².